The van der Waals surface area contributed by atoms with Gasteiger partial charge in [-0.15, -0.1) is 11.6 Å². The number of hydrogen-bond acceptors (Lipinski definition) is 2. The molecule has 0 spiro atoms. The summed E-state index contributed by atoms with van der Waals surface area (Å²) in [7, 11) is 0. The molecule has 4 heteroatoms. The second-order valence-electron chi connectivity index (χ2n) is 3.53. The number of amides is 1. The van der Waals surface area contributed by atoms with E-state index in [1.54, 1.807) is 6.92 Å². The van der Waals surface area contributed by atoms with Crippen molar-refractivity contribution in [2.75, 3.05) is 13.2 Å². The molecule has 0 aliphatic heterocycles. The average molecular weight is 208 g/mol. The molecule has 1 amide bonds. The highest BCUT2D eigenvalue weighted by Gasteiger charge is 2.19. The van der Waals surface area contributed by atoms with E-state index >= 15 is 0 Å². The Morgan fingerprint density at radius 3 is 2.54 bits per heavy atom. The summed E-state index contributed by atoms with van der Waals surface area (Å²) in [4.78, 5) is 11.1. The fourth-order valence-electron chi connectivity index (χ4n) is 0.882. The minimum atomic E-state index is -0.488. The van der Waals surface area contributed by atoms with E-state index in [0.29, 0.717) is 13.2 Å². The lowest BCUT2D eigenvalue weighted by Gasteiger charge is -2.25. The van der Waals surface area contributed by atoms with Gasteiger partial charge >= 0.3 is 0 Å². The predicted octanol–water partition coefficient (Wildman–Crippen LogP) is 1.54. The predicted molar refractivity (Wildman–Crippen MR) is 54.0 cm³/mol. The Balaban J connectivity index is 3.80. The molecule has 78 valence electrons. The summed E-state index contributed by atoms with van der Waals surface area (Å²) in [6, 6.07) is 0. The van der Waals surface area contributed by atoms with Crippen LogP contribution in [0.15, 0.2) is 0 Å². The van der Waals surface area contributed by atoms with Crippen molar-refractivity contribution in [1.82, 2.24) is 5.32 Å². The van der Waals surface area contributed by atoms with Crippen LogP contribution in [0.3, 0.4) is 0 Å². The molecular formula is C9H18ClNO2. The Morgan fingerprint density at radius 2 is 2.15 bits per heavy atom. The number of nitrogens with one attached hydrogen (secondary N) is 1. The first-order chi connectivity index (χ1) is 5.89. The van der Waals surface area contributed by atoms with Crippen LogP contribution in [0.2, 0.25) is 0 Å². The monoisotopic (exact) mass is 207 g/mol. The summed E-state index contributed by atoms with van der Waals surface area (Å²) in [6.45, 7) is 8.54. The van der Waals surface area contributed by atoms with Gasteiger partial charge in [-0.1, -0.05) is 0 Å². The van der Waals surface area contributed by atoms with Gasteiger partial charge in [0.1, 0.15) is 5.38 Å². The molecule has 1 unspecified atom stereocenters. The molecule has 0 bridgehead atoms. The van der Waals surface area contributed by atoms with E-state index in [1.165, 1.54) is 0 Å². The highest BCUT2D eigenvalue weighted by molar-refractivity contribution is 6.30. The highest BCUT2D eigenvalue weighted by atomic mass is 35.5. The number of halogens is 1. The molecule has 0 rings (SSSR count). The third kappa shape index (κ3) is 5.88. The molecule has 0 radical (unpaired) electrons. The normalized spacial score (nSPS) is 13.9. The minimum Gasteiger partial charge on any atom is -0.374 e. The van der Waals surface area contributed by atoms with Gasteiger partial charge in [-0.2, -0.15) is 0 Å². The summed E-state index contributed by atoms with van der Waals surface area (Å²) in [5.41, 5.74) is -0.323. The van der Waals surface area contributed by atoms with Gasteiger partial charge in [0.2, 0.25) is 5.91 Å². The number of carbonyl (C=O) groups excluding carboxylic acids is 1. The van der Waals surface area contributed by atoms with Crippen molar-refractivity contribution < 1.29 is 9.53 Å². The quantitative estimate of drug-likeness (QED) is 0.695. The highest BCUT2D eigenvalue weighted by Crippen LogP contribution is 2.07. The topological polar surface area (TPSA) is 38.3 Å². The summed E-state index contributed by atoms with van der Waals surface area (Å²) in [6.07, 6.45) is 0. The van der Waals surface area contributed by atoms with Gasteiger partial charge in [0.05, 0.1) is 5.60 Å². The van der Waals surface area contributed by atoms with Gasteiger partial charge in [-0.05, 0) is 27.7 Å². The molecule has 0 aromatic carbocycles. The maximum Gasteiger partial charge on any atom is 0.237 e. The van der Waals surface area contributed by atoms with Crippen LogP contribution >= 0.6 is 11.6 Å². The van der Waals surface area contributed by atoms with Crippen LogP contribution in [0.4, 0.5) is 0 Å². The average Bonchev–Trinajstić information content (AvgIpc) is 2.00. The molecule has 1 atom stereocenters. The number of ether oxygens (including phenoxy) is 1. The van der Waals surface area contributed by atoms with Crippen molar-refractivity contribution in [3.8, 4) is 0 Å². The summed E-state index contributed by atoms with van der Waals surface area (Å²) in [5.74, 6) is -0.158. The lowest BCUT2D eigenvalue weighted by Crippen LogP contribution is -2.42. The van der Waals surface area contributed by atoms with Crippen molar-refractivity contribution in [3.63, 3.8) is 0 Å². The van der Waals surface area contributed by atoms with Crippen LogP contribution in [-0.2, 0) is 9.53 Å². The Kier molecular flexibility index (Phi) is 5.33. The van der Waals surface area contributed by atoms with E-state index in [0.717, 1.165) is 0 Å². The van der Waals surface area contributed by atoms with E-state index in [1.807, 2.05) is 20.8 Å². The molecule has 1 N–H and O–H groups in total. The SMILES string of the molecule is CCOC(C)(C)CNC(=O)C(C)Cl. The van der Waals surface area contributed by atoms with Crippen molar-refractivity contribution in [1.29, 1.82) is 0 Å². The van der Waals surface area contributed by atoms with Gasteiger partial charge in [0.25, 0.3) is 0 Å². The molecule has 0 aliphatic carbocycles. The molecule has 0 heterocycles. The molecule has 0 aromatic rings. The van der Waals surface area contributed by atoms with E-state index in [9.17, 15) is 4.79 Å². The van der Waals surface area contributed by atoms with Gasteiger partial charge in [0, 0.05) is 13.2 Å². The molecule has 0 aliphatic rings. The van der Waals surface area contributed by atoms with Crippen LogP contribution in [0.1, 0.15) is 27.7 Å². The van der Waals surface area contributed by atoms with Gasteiger partial charge in [-0.3, -0.25) is 4.79 Å². The van der Waals surface area contributed by atoms with Crippen molar-refractivity contribution in [3.05, 3.63) is 0 Å². The number of alkyl halides is 1. The maximum atomic E-state index is 11.1. The third-order valence-electron chi connectivity index (χ3n) is 1.58. The molecule has 13 heavy (non-hydrogen) atoms. The van der Waals surface area contributed by atoms with Crippen LogP contribution in [0, 0.1) is 0 Å². The second kappa shape index (κ2) is 5.45. The first kappa shape index (κ1) is 12.7. The molecular weight excluding hydrogens is 190 g/mol. The summed E-state index contributed by atoms with van der Waals surface area (Å²) >= 11 is 5.58. The van der Waals surface area contributed by atoms with Crippen LogP contribution in [-0.4, -0.2) is 30.0 Å². The van der Waals surface area contributed by atoms with E-state index in [2.05, 4.69) is 5.32 Å². The van der Waals surface area contributed by atoms with Crippen LogP contribution in [0.25, 0.3) is 0 Å². The molecule has 0 fully saturated rings. The van der Waals surface area contributed by atoms with Crippen molar-refractivity contribution >= 4 is 17.5 Å². The van der Waals surface area contributed by atoms with Gasteiger partial charge in [-0.25, -0.2) is 0 Å². The van der Waals surface area contributed by atoms with Gasteiger partial charge in [0.15, 0.2) is 0 Å². The fourth-order valence-corrected chi connectivity index (χ4v) is 0.960. The first-order valence-electron chi connectivity index (χ1n) is 4.45. The smallest absolute Gasteiger partial charge is 0.237 e. The lowest BCUT2D eigenvalue weighted by molar-refractivity contribution is -0.122. The maximum absolute atomic E-state index is 11.1. The Labute approximate surface area is 84.8 Å². The molecule has 0 saturated heterocycles. The second-order valence-corrected chi connectivity index (χ2v) is 4.18. The Hall–Kier alpha value is -0.280. The summed E-state index contributed by atoms with van der Waals surface area (Å²) in [5, 5.41) is 2.22. The van der Waals surface area contributed by atoms with Crippen LogP contribution < -0.4 is 5.32 Å². The standard InChI is InChI=1S/C9H18ClNO2/c1-5-13-9(3,4)6-11-8(12)7(2)10/h7H,5-6H2,1-4H3,(H,11,12). The van der Waals surface area contributed by atoms with Crippen LogP contribution in [0.5, 0.6) is 0 Å². The van der Waals surface area contributed by atoms with E-state index < -0.39 is 5.38 Å². The largest absolute Gasteiger partial charge is 0.374 e. The third-order valence-corrected chi connectivity index (χ3v) is 1.78. The Bertz CT molecular complexity index is 169. The van der Waals surface area contributed by atoms with Crippen molar-refractivity contribution in [2.24, 2.45) is 0 Å². The fraction of sp³-hybridized carbons (Fsp3) is 0.889. The molecule has 0 saturated carbocycles. The molecule has 3 nitrogen and oxygen atoms in total. The van der Waals surface area contributed by atoms with E-state index in [4.69, 9.17) is 16.3 Å². The zero-order valence-corrected chi connectivity index (χ0v) is 9.44. The number of carbonyl (C=O) groups is 1. The number of rotatable bonds is 5. The van der Waals surface area contributed by atoms with E-state index in [-0.39, 0.29) is 11.5 Å². The van der Waals surface area contributed by atoms with Gasteiger partial charge < -0.3 is 10.1 Å². The Morgan fingerprint density at radius 1 is 1.62 bits per heavy atom. The lowest BCUT2D eigenvalue weighted by atomic mass is 10.1. The minimum absolute atomic E-state index is 0.158. The zero-order chi connectivity index (χ0) is 10.5. The molecule has 0 aromatic heterocycles. The zero-order valence-electron chi connectivity index (χ0n) is 8.69. The first-order valence-corrected chi connectivity index (χ1v) is 4.88. The number of hydrogen-bond donors (Lipinski definition) is 1. The summed E-state index contributed by atoms with van der Waals surface area (Å²) < 4.78 is 5.40. The van der Waals surface area contributed by atoms with Crippen molar-refractivity contribution in [2.45, 2.75) is 38.7 Å².